The van der Waals surface area contributed by atoms with Crippen LogP contribution in [-0.2, 0) is 21.3 Å². The molecule has 21 heavy (non-hydrogen) atoms. The van der Waals surface area contributed by atoms with Gasteiger partial charge in [0.2, 0.25) is 5.91 Å². The van der Waals surface area contributed by atoms with E-state index in [-0.39, 0.29) is 22.7 Å². The quantitative estimate of drug-likeness (QED) is 0.831. The lowest BCUT2D eigenvalue weighted by atomic mass is 10.2. The smallest absolute Gasteiger partial charge is 0.235 e. The maximum Gasteiger partial charge on any atom is 0.235 e. The van der Waals surface area contributed by atoms with E-state index in [1.807, 2.05) is 13.8 Å². The molecular weight excluding hydrogens is 313 g/mol. The lowest BCUT2D eigenvalue weighted by Gasteiger charge is -2.17. The van der Waals surface area contributed by atoms with Gasteiger partial charge in [-0.25, -0.2) is 4.39 Å². The maximum atomic E-state index is 13.0. The van der Waals surface area contributed by atoms with Crippen LogP contribution in [0, 0.1) is 5.82 Å². The van der Waals surface area contributed by atoms with E-state index < -0.39 is 21.9 Å². The molecule has 0 fully saturated rings. The van der Waals surface area contributed by atoms with E-state index in [2.05, 4.69) is 5.32 Å². The Hall–Kier alpha value is -0.940. The third kappa shape index (κ3) is 5.75. The van der Waals surface area contributed by atoms with Crippen LogP contribution in [0.2, 0.25) is 5.02 Å². The number of nitrogens with one attached hydrogen (secondary N) is 1. The molecule has 0 spiro atoms. The number of benzene rings is 1. The van der Waals surface area contributed by atoms with Gasteiger partial charge in [0, 0.05) is 21.9 Å². The number of rotatable bonds is 7. The highest BCUT2D eigenvalue weighted by atomic mass is 35.5. The SMILES string of the molecule is CCCC(C)NC(=O)C(C)S(=O)Cc1ccc(F)cc1Cl. The topological polar surface area (TPSA) is 46.2 Å². The number of carbonyl (C=O) groups excluding carboxylic acids is 1. The van der Waals surface area contributed by atoms with Crippen molar-refractivity contribution < 1.29 is 13.4 Å². The number of hydrogen-bond donors (Lipinski definition) is 1. The van der Waals surface area contributed by atoms with Crippen molar-refractivity contribution in [2.75, 3.05) is 0 Å². The van der Waals surface area contributed by atoms with Gasteiger partial charge in [0.25, 0.3) is 0 Å². The number of carbonyl (C=O) groups is 1. The van der Waals surface area contributed by atoms with Crippen molar-refractivity contribution in [3.8, 4) is 0 Å². The second-order valence-electron chi connectivity index (χ2n) is 5.10. The number of hydrogen-bond acceptors (Lipinski definition) is 2. The molecule has 6 heteroatoms. The minimum absolute atomic E-state index is 0.0661. The highest BCUT2D eigenvalue weighted by molar-refractivity contribution is 7.85. The Balaban J connectivity index is 2.63. The zero-order valence-electron chi connectivity index (χ0n) is 12.5. The third-order valence-corrected chi connectivity index (χ3v) is 5.14. The van der Waals surface area contributed by atoms with E-state index in [1.165, 1.54) is 18.2 Å². The molecule has 1 aromatic carbocycles. The van der Waals surface area contributed by atoms with Crippen molar-refractivity contribution in [1.29, 1.82) is 0 Å². The molecule has 0 heterocycles. The van der Waals surface area contributed by atoms with Gasteiger partial charge in [0.15, 0.2) is 0 Å². The predicted octanol–water partition coefficient (Wildman–Crippen LogP) is 3.42. The predicted molar refractivity (Wildman–Crippen MR) is 85.2 cm³/mol. The molecule has 1 N–H and O–H groups in total. The second-order valence-corrected chi connectivity index (χ2v) is 7.27. The van der Waals surface area contributed by atoms with E-state index in [0.29, 0.717) is 5.56 Å². The molecule has 0 aliphatic heterocycles. The summed E-state index contributed by atoms with van der Waals surface area (Å²) in [7, 11) is -1.40. The summed E-state index contributed by atoms with van der Waals surface area (Å²) in [6.07, 6.45) is 1.86. The fraction of sp³-hybridized carbons (Fsp3) is 0.533. The summed E-state index contributed by atoms with van der Waals surface area (Å²) in [6.45, 7) is 5.59. The van der Waals surface area contributed by atoms with Gasteiger partial charge in [0.1, 0.15) is 11.1 Å². The van der Waals surface area contributed by atoms with Crippen molar-refractivity contribution in [2.45, 2.75) is 50.7 Å². The molecule has 0 radical (unpaired) electrons. The summed E-state index contributed by atoms with van der Waals surface area (Å²) in [4.78, 5) is 12.0. The van der Waals surface area contributed by atoms with Gasteiger partial charge in [0.05, 0.1) is 5.75 Å². The fourth-order valence-corrected chi connectivity index (χ4v) is 3.33. The molecule has 3 unspecified atom stereocenters. The van der Waals surface area contributed by atoms with E-state index >= 15 is 0 Å². The number of halogens is 2. The summed E-state index contributed by atoms with van der Waals surface area (Å²) in [5.74, 6) is -0.531. The summed E-state index contributed by atoms with van der Waals surface area (Å²) < 4.78 is 25.2. The van der Waals surface area contributed by atoms with Crippen LogP contribution in [0.1, 0.15) is 39.2 Å². The van der Waals surface area contributed by atoms with E-state index in [0.717, 1.165) is 12.8 Å². The highest BCUT2D eigenvalue weighted by Gasteiger charge is 2.22. The Labute approximate surface area is 132 Å². The molecule has 3 nitrogen and oxygen atoms in total. The van der Waals surface area contributed by atoms with Crippen molar-refractivity contribution >= 4 is 28.3 Å². The molecular formula is C15H21ClFNO2S. The lowest BCUT2D eigenvalue weighted by molar-refractivity contribution is -0.121. The first-order valence-electron chi connectivity index (χ1n) is 6.96. The molecule has 3 atom stereocenters. The average Bonchev–Trinajstić information content (AvgIpc) is 2.41. The second kappa shape index (κ2) is 8.49. The summed E-state index contributed by atoms with van der Waals surface area (Å²) in [5.41, 5.74) is 0.581. The Bertz CT molecular complexity index is 524. The van der Waals surface area contributed by atoms with Gasteiger partial charge < -0.3 is 5.32 Å². The minimum Gasteiger partial charge on any atom is -0.353 e. The molecule has 0 aliphatic carbocycles. The summed E-state index contributed by atoms with van der Waals surface area (Å²) in [5, 5.41) is 2.44. The van der Waals surface area contributed by atoms with Crippen LogP contribution in [0.4, 0.5) is 4.39 Å². The van der Waals surface area contributed by atoms with Gasteiger partial charge >= 0.3 is 0 Å². The molecule has 0 aliphatic rings. The van der Waals surface area contributed by atoms with Crippen LogP contribution in [-0.4, -0.2) is 21.4 Å². The van der Waals surface area contributed by atoms with Crippen LogP contribution in [0.25, 0.3) is 0 Å². The van der Waals surface area contributed by atoms with Crippen LogP contribution in [0.5, 0.6) is 0 Å². The van der Waals surface area contributed by atoms with E-state index in [9.17, 15) is 13.4 Å². The Morgan fingerprint density at radius 3 is 2.67 bits per heavy atom. The third-order valence-electron chi connectivity index (χ3n) is 3.19. The van der Waals surface area contributed by atoms with E-state index in [4.69, 9.17) is 11.6 Å². The first-order chi connectivity index (χ1) is 9.85. The van der Waals surface area contributed by atoms with Crippen LogP contribution in [0.3, 0.4) is 0 Å². The van der Waals surface area contributed by atoms with Crippen LogP contribution >= 0.6 is 11.6 Å². The molecule has 118 valence electrons. The van der Waals surface area contributed by atoms with Gasteiger partial charge in [-0.3, -0.25) is 9.00 Å². The average molecular weight is 334 g/mol. The Morgan fingerprint density at radius 2 is 2.10 bits per heavy atom. The Kier molecular flexibility index (Phi) is 7.32. The molecule has 1 aromatic rings. The molecule has 0 bridgehead atoms. The first-order valence-corrected chi connectivity index (χ1v) is 8.72. The standard InChI is InChI=1S/C15H21ClFNO2S/c1-4-5-10(2)18-15(19)11(3)21(20)9-12-6-7-13(17)8-14(12)16/h6-8,10-11H,4-5,9H2,1-3H3,(H,18,19). The maximum absolute atomic E-state index is 13.0. The van der Waals surface area contributed by atoms with E-state index in [1.54, 1.807) is 6.92 Å². The largest absolute Gasteiger partial charge is 0.353 e. The first kappa shape index (κ1) is 18.1. The zero-order valence-corrected chi connectivity index (χ0v) is 14.1. The normalized spacial score (nSPS) is 15.3. The number of amides is 1. The fourth-order valence-electron chi connectivity index (χ4n) is 1.90. The molecule has 0 saturated heterocycles. The van der Waals surface area contributed by atoms with Gasteiger partial charge in [-0.2, -0.15) is 0 Å². The van der Waals surface area contributed by atoms with Crippen molar-refractivity contribution in [1.82, 2.24) is 5.32 Å². The van der Waals surface area contributed by atoms with Crippen LogP contribution < -0.4 is 5.32 Å². The summed E-state index contributed by atoms with van der Waals surface area (Å²) >= 11 is 5.91. The van der Waals surface area contributed by atoms with Crippen molar-refractivity contribution in [3.05, 3.63) is 34.6 Å². The van der Waals surface area contributed by atoms with Gasteiger partial charge in [-0.1, -0.05) is 31.0 Å². The summed E-state index contributed by atoms with van der Waals surface area (Å²) in [6, 6.07) is 4.02. The van der Waals surface area contributed by atoms with Crippen LogP contribution in [0.15, 0.2) is 18.2 Å². The molecule has 1 amide bonds. The molecule has 0 saturated carbocycles. The lowest BCUT2D eigenvalue weighted by Crippen LogP contribution is -2.40. The monoisotopic (exact) mass is 333 g/mol. The highest BCUT2D eigenvalue weighted by Crippen LogP contribution is 2.20. The van der Waals surface area contributed by atoms with Crippen molar-refractivity contribution in [2.24, 2.45) is 0 Å². The Morgan fingerprint density at radius 1 is 1.43 bits per heavy atom. The molecule has 0 aromatic heterocycles. The van der Waals surface area contributed by atoms with Gasteiger partial charge in [-0.15, -0.1) is 0 Å². The minimum atomic E-state index is -1.40. The van der Waals surface area contributed by atoms with Gasteiger partial charge in [-0.05, 0) is 38.0 Å². The molecule has 1 rings (SSSR count). The van der Waals surface area contributed by atoms with Crippen molar-refractivity contribution in [3.63, 3.8) is 0 Å². The zero-order chi connectivity index (χ0) is 16.0.